The topological polar surface area (TPSA) is 87.0 Å². The average Bonchev–Trinajstić information content (AvgIpc) is 3.19. The molecule has 2 N–H and O–H groups in total. The monoisotopic (exact) mass is 520 g/mol. The maximum absolute atomic E-state index is 14.3. The number of nitrogens with zero attached hydrogens (tertiary/aromatic N) is 3. The molecule has 0 spiro atoms. The molecule has 4 rings (SSSR count). The summed E-state index contributed by atoms with van der Waals surface area (Å²) in [4.78, 5) is 30.4. The molecule has 0 saturated heterocycles. The molecule has 8 nitrogen and oxygen atoms in total. The molecule has 0 bridgehead atoms. The average molecular weight is 521 g/mol. The molecule has 8 heteroatoms. The third-order valence-electron chi connectivity index (χ3n) is 7.44. The van der Waals surface area contributed by atoms with E-state index in [1.807, 2.05) is 87.8 Å². The van der Waals surface area contributed by atoms with Gasteiger partial charge in [0, 0.05) is 55.6 Å². The van der Waals surface area contributed by atoms with Crippen molar-refractivity contribution >= 4 is 22.8 Å². The number of hydrogen-bond donors (Lipinski definition) is 2. The minimum Gasteiger partial charge on any atom is -0.394 e. The minimum atomic E-state index is -0.394. The number of urea groups is 1. The van der Waals surface area contributed by atoms with Crippen LogP contribution in [0.3, 0.4) is 0 Å². The van der Waals surface area contributed by atoms with E-state index in [0.29, 0.717) is 25.4 Å². The summed E-state index contributed by atoms with van der Waals surface area (Å²) in [6.45, 7) is 8.68. The Labute approximate surface area is 225 Å². The summed E-state index contributed by atoms with van der Waals surface area (Å²) >= 11 is 0. The molecule has 0 unspecified atom stereocenters. The van der Waals surface area contributed by atoms with Crippen molar-refractivity contribution in [2.75, 3.05) is 26.7 Å². The lowest BCUT2D eigenvalue weighted by Crippen LogP contribution is -2.49. The van der Waals surface area contributed by atoms with Gasteiger partial charge in [0.15, 0.2) is 0 Å². The van der Waals surface area contributed by atoms with Crippen molar-refractivity contribution in [1.82, 2.24) is 19.7 Å². The first kappa shape index (κ1) is 27.7. The number of fused-ring (bicyclic) bond motifs is 5. The highest BCUT2D eigenvalue weighted by atomic mass is 16.5. The minimum absolute atomic E-state index is 0.0228. The lowest BCUT2D eigenvalue weighted by molar-refractivity contribution is -0.0185. The molecule has 0 saturated carbocycles. The van der Waals surface area contributed by atoms with E-state index in [0.717, 1.165) is 27.6 Å². The molecular formula is C30H40N4O4. The number of ether oxygens (including phenoxy) is 1. The highest BCUT2D eigenvalue weighted by Crippen LogP contribution is 2.38. The Morgan fingerprint density at radius 1 is 1.16 bits per heavy atom. The van der Waals surface area contributed by atoms with Crippen molar-refractivity contribution in [2.24, 2.45) is 13.0 Å². The van der Waals surface area contributed by atoms with E-state index >= 15 is 0 Å². The van der Waals surface area contributed by atoms with E-state index in [4.69, 9.17) is 4.74 Å². The second kappa shape index (κ2) is 11.6. The Morgan fingerprint density at radius 2 is 1.84 bits per heavy atom. The van der Waals surface area contributed by atoms with Gasteiger partial charge >= 0.3 is 6.03 Å². The van der Waals surface area contributed by atoms with Gasteiger partial charge in [0.25, 0.3) is 5.91 Å². The molecule has 0 fully saturated rings. The van der Waals surface area contributed by atoms with Crippen molar-refractivity contribution in [3.8, 4) is 11.1 Å². The molecule has 2 heterocycles. The zero-order chi connectivity index (χ0) is 27.6. The van der Waals surface area contributed by atoms with E-state index < -0.39 is 6.04 Å². The first-order valence-corrected chi connectivity index (χ1v) is 13.3. The highest BCUT2D eigenvalue weighted by Gasteiger charge is 2.34. The third-order valence-corrected chi connectivity index (χ3v) is 7.44. The van der Waals surface area contributed by atoms with Gasteiger partial charge in [-0.1, -0.05) is 49.4 Å². The molecule has 3 atom stereocenters. The van der Waals surface area contributed by atoms with Gasteiger partial charge in [-0.2, -0.15) is 0 Å². The predicted molar refractivity (Wildman–Crippen MR) is 150 cm³/mol. The van der Waals surface area contributed by atoms with Gasteiger partial charge in [-0.3, -0.25) is 4.79 Å². The summed E-state index contributed by atoms with van der Waals surface area (Å²) in [7, 11) is 3.68. The van der Waals surface area contributed by atoms with Gasteiger partial charge in [-0.05, 0) is 38.0 Å². The van der Waals surface area contributed by atoms with E-state index in [1.54, 1.807) is 16.8 Å². The lowest BCUT2D eigenvalue weighted by Gasteiger charge is -2.35. The summed E-state index contributed by atoms with van der Waals surface area (Å²) in [5.74, 6) is -0.237. The molecule has 1 aliphatic heterocycles. The first-order valence-electron chi connectivity index (χ1n) is 13.3. The van der Waals surface area contributed by atoms with E-state index in [-0.39, 0.29) is 36.6 Å². The van der Waals surface area contributed by atoms with Crippen LogP contribution in [0.15, 0.2) is 48.5 Å². The van der Waals surface area contributed by atoms with Crippen molar-refractivity contribution in [3.63, 3.8) is 0 Å². The summed E-state index contributed by atoms with van der Waals surface area (Å²) in [5, 5.41) is 14.0. The number of benzene rings is 2. The van der Waals surface area contributed by atoms with Crippen LogP contribution in [0.1, 0.15) is 43.7 Å². The van der Waals surface area contributed by atoms with Gasteiger partial charge in [-0.25, -0.2) is 4.79 Å². The van der Waals surface area contributed by atoms with Crippen molar-refractivity contribution in [3.05, 3.63) is 59.8 Å². The molecule has 38 heavy (non-hydrogen) atoms. The van der Waals surface area contributed by atoms with Crippen LogP contribution >= 0.6 is 0 Å². The number of aryl methyl sites for hydroxylation is 1. The summed E-state index contributed by atoms with van der Waals surface area (Å²) in [6, 6.07) is 15.5. The first-order chi connectivity index (χ1) is 18.1. The quantitative estimate of drug-likeness (QED) is 0.527. The number of para-hydroxylation sites is 1. The number of aliphatic hydroxyl groups excluding tert-OH is 1. The molecule has 3 aromatic rings. The second-order valence-electron chi connectivity index (χ2n) is 10.8. The van der Waals surface area contributed by atoms with Crippen LogP contribution in [0.5, 0.6) is 0 Å². The zero-order valence-corrected chi connectivity index (χ0v) is 23.3. The zero-order valence-electron chi connectivity index (χ0n) is 23.3. The molecule has 204 valence electrons. The number of carbonyl (C=O) groups excluding carboxylic acids is 2. The standard InChI is InChI=1S/C30H40N4O4/c1-19(2)31-30(37)32(5)16-26-20(3)15-34(21(4)17-35)29(36)28-27(23-12-8-7-11-22(23)18-38-26)24-13-9-10-14-25(24)33(28)6/h7-14,19-21,26,35H,15-18H2,1-6H3,(H,31,37)/t20-,21-,26-/m0/s1. The van der Waals surface area contributed by atoms with Crippen LogP contribution in [0, 0.1) is 5.92 Å². The number of amides is 3. The normalized spacial score (nSPS) is 19.1. The van der Waals surface area contributed by atoms with Crippen molar-refractivity contribution in [1.29, 1.82) is 0 Å². The third kappa shape index (κ3) is 5.42. The summed E-state index contributed by atoms with van der Waals surface area (Å²) in [5.41, 5.74) is 4.37. The van der Waals surface area contributed by atoms with Crippen molar-refractivity contribution < 1.29 is 19.4 Å². The predicted octanol–water partition coefficient (Wildman–Crippen LogP) is 4.25. The van der Waals surface area contributed by atoms with Crippen LogP contribution < -0.4 is 5.32 Å². The largest absolute Gasteiger partial charge is 0.394 e. The molecule has 3 amide bonds. The Bertz CT molecular complexity index is 1300. The highest BCUT2D eigenvalue weighted by molar-refractivity contribution is 6.10. The van der Waals surface area contributed by atoms with Crippen LogP contribution in [0.2, 0.25) is 0 Å². The smallest absolute Gasteiger partial charge is 0.317 e. The van der Waals surface area contributed by atoms with E-state index in [1.165, 1.54) is 0 Å². The van der Waals surface area contributed by atoms with Gasteiger partial charge < -0.3 is 29.5 Å². The molecular weight excluding hydrogens is 480 g/mol. The van der Waals surface area contributed by atoms with Gasteiger partial charge in [0.2, 0.25) is 0 Å². The maximum Gasteiger partial charge on any atom is 0.317 e. The van der Waals surface area contributed by atoms with E-state index in [9.17, 15) is 14.7 Å². The number of carbonyl (C=O) groups is 2. The SMILES string of the molecule is CC(C)NC(=O)N(C)C[C@@H]1OCc2ccccc2-c2c(n(C)c3ccccc23)C(=O)N([C@@H](C)CO)C[C@@H]1C. The summed E-state index contributed by atoms with van der Waals surface area (Å²) in [6.07, 6.45) is -0.329. The molecule has 0 radical (unpaired) electrons. The van der Waals surface area contributed by atoms with Crippen LogP contribution in [0.25, 0.3) is 22.0 Å². The number of hydrogen-bond acceptors (Lipinski definition) is 4. The van der Waals surface area contributed by atoms with Crippen molar-refractivity contribution in [2.45, 2.75) is 52.5 Å². The van der Waals surface area contributed by atoms with Gasteiger partial charge in [0.1, 0.15) is 5.69 Å². The Balaban J connectivity index is 1.84. The number of likely N-dealkylation sites (N-methyl/N-ethyl adjacent to an activating group) is 1. The fourth-order valence-corrected chi connectivity index (χ4v) is 5.24. The Kier molecular flexibility index (Phi) is 8.43. The number of aliphatic hydroxyl groups is 1. The van der Waals surface area contributed by atoms with Gasteiger partial charge in [0.05, 0.1) is 25.4 Å². The Hall–Kier alpha value is -3.36. The lowest BCUT2D eigenvalue weighted by atomic mass is 9.96. The number of aromatic nitrogens is 1. The fraction of sp³-hybridized carbons (Fsp3) is 0.467. The fourth-order valence-electron chi connectivity index (χ4n) is 5.24. The number of rotatable bonds is 5. The van der Waals surface area contributed by atoms with Crippen LogP contribution in [-0.2, 0) is 18.4 Å². The van der Waals surface area contributed by atoms with Crippen LogP contribution in [0.4, 0.5) is 4.79 Å². The Morgan fingerprint density at radius 3 is 2.55 bits per heavy atom. The second-order valence-corrected chi connectivity index (χ2v) is 10.8. The molecule has 1 aromatic heterocycles. The van der Waals surface area contributed by atoms with Gasteiger partial charge in [-0.15, -0.1) is 0 Å². The molecule has 1 aliphatic rings. The number of nitrogens with one attached hydrogen (secondary N) is 1. The van der Waals surface area contributed by atoms with E-state index in [2.05, 4.69) is 5.32 Å². The van der Waals surface area contributed by atoms with Crippen LogP contribution in [-0.4, -0.2) is 76.3 Å². The molecule has 0 aliphatic carbocycles. The molecule has 2 aromatic carbocycles. The summed E-state index contributed by atoms with van der Waals surface area (Å²) < 4.78 is 8.50. The maximum atomic E-state index is 14.3.